The lowest BCUT2D eigenvalue weighted by molar-refractivity contribution is 0.253. The zero-order chi connectivity index (χ0) is 13.3. The highest BCUT2D eigenvalue weighted by molar-refractivity contribution is 5.97. The number of nitrogen functional groups attached to an aromatic ring is 1. The molecule has 0 spiro atoms. The Labute approximate surface area is 112 Å². The lowest BCUT2D eigenvalue weighted by Gasteiger charge is -2.16. The number of nitrogens with one attached hydrogen (secondary N) is 1. The maximum atomic E-state index is 9.09. The molecule has 1 aromatic heterocycles. The van der Waals surface area contributed by atoms with E-state index in [1.165, 1.54) is 12.8 Å². The summed E-state index contributed by atoms with van der Waals surface area (Å²) in [6.45, 7) is 1.17. The van der Waals surface area contributed by atoms with E-state index in [0.717, 1.165) is 29.6 Å². The van der Waals surface area contributed by atoms with Crippen LogP contribution in [0.15, 0.2) is 30.5 Å². The van der Waals surface area contributed by atoms with Crippen molar-refractivity contribution < 1.29 is 5.11 Å². The van der Waals surface area contributed by atoms with Gasteiger partial charge in [-0.3, -0.25) is 4.98 Å². The Kier molecular flexibility index (Phi) is 3.03. The number of hydrogen-bond acceptors (Lipinski definition) is 4. The molecule has 1 heterocycles. The number of anilines is 2. The Morgan fingerprint density at radius 3 is 2.89 bits per heavy atom. The maximum absolute atomic E-state index is 9.09. The van der Waals surface area contributed by atoms with Crippen molar-refractivity contribution in [1.29, 1.82) is 0 Å². The first-order valence-electron chi connectivity index (χ1n) is 6.72. The van der Waals surface area contributed by atoms with Gasteiger partial charge in [0.25, 0.3) is 0 Å². The van der Waals surface area contributed by atoms with Crippen molar-refractivity contribution in [3.05, 3.63) is 30.5 Å². The van der Waals surface area contributed by atoms with Crippen molar-refractivity contribution in [3.8, 4) is 0 Å². The van der Waals surface area contributed by atoms with Gasteiger partial charge in [0.15, 0.2) is 0 Å². The molecule has 1 aliphatic carbocycles. The maximum Gasteiger partial charge on any atom is 0.0951 e. The van der Waals surface area contributed by atoms with Gasteiger partial charge in [-0.2, -0.15) is 0 Å². The Bertz CT molecular complexity index is 593. The number of benzene rings is 1. The fourth-order valence-electron chi connectivity index (χ4n) is 2.56. The number of aromatic nitrogens is 1. The van der Waals surface area contributed by atoms with Gasteiger partial charge in [-0.1, -0.05) is 12.1 Å². The predicted molar refractivity (Wildman–Crippen MR) is 78.0 cm³/mol. The smallest absolute Gasteiger partial charge is 0.0951 e. The van der Waals surface area contributed by atoms with E-state index in [1.807, 2.05) is 24.3 Å². The minimum atomic E-state index is 0.270. The highest BCUT2D eigenvalue weighted by Crippen LogP contribution is 2.48. The van der Waals surface area contributed by atoms with Crippen LogP contribution in [-0.4, -0.2) is 23.2 Å². The van der Waals surface area contributed by atoms with Crippen LogP contribution in [0.25, 0.3) is 10.9 Å². The molecule has 4 heteroatoms. The van der Waals surface area contributed by atoms with Crippen LogP contribution in [0, 0.1) is 5.41 Å². The van der Waals surface area contributed by atoms with Crippen LogP contribution in [0.4, 0.5) is 11.4 Å². The molecular weight excluding hydrogens is 238 g/mol. The molecule has 0 unspecified atom stereocenters. The second kappa shape index (κ2) is 4.70. The minimum absolute atomic E-state index is 0.270. The number of nitrogens with two attached hydrogens (primary N) is 1. The van der Waals surface area contributed by atoms with Crippen molar-refractivity contribution in [2.24, 2.45) is 5.41 Å². The highest BCUT2D eigenvalue weighted by atomic mass is 16.3. The van der Waals surface area contributed by atoms with Gasteiger partial charge in [0.2, 0.25) is 0 Å². The molecule has 4 nitrogen and oxygen atoms in total. The van der Waals surface area contributed by atoms with E-state index in [0.29, 0.717) is 11.1 Å². The summed E-state index contributed by atoms with van der Waals surface area (Å²) in [6, 6.07) is 7.84. The number of nitrogens with zero attached hydrogens (tertiary/aromatic N) is 1. The summed E-state index contributed by atoms with van der Waals surface area (Å²) in [4.78, 5) is 4.33. The molecule has 0 aliphatic heterocycles. The zero-order valence-electron chi connectivity index (χ0n) is 10.9. The van der Waals surface area contributed by atoms with Crippen LogP contribution in [0.5, 0.6) is 0 Å². The number of aliphatic hydroxyl groups excluding tert-OH is 1. The van der Waals surface area contributed by atoms with Crippen molar-refractivity contribution in [2.45, 2.75) is 19.3 Å². The molecule has 1 aliphatic rings. The lowest BCUT2D eigenvalue weighted by atomic mass is 10.0. The Morgan fingerprint density at radius 1 is 1.32 bits per heavy atom. The standard InChI is InChI=1S/C15H19N3O/c16-12-3-1-2-11-13(4-8-17-14(11)12)18-10-15(5-6-15)7-9-19/h1-4,8,19H,5-7,9-10,16H2,(H,17,18). The first-order chi connectivity index (χ1) is 9.24. The summed E-state index contributed by atoms with van der Waals surface area (Å²) in [7, 11) is 0. The Balaban J connectivity index is 1.83. The van der Waals surface area contributed by atoms with E-state index in [1.54, 1.807) is 6.20 Å². The zero-order valence-corrected chi connectivity index (χ0v) is 10.9. The number of para-hydroxylation sites is 1. The van der Waals surface area contributed by atoms with Crippen LogP contribution >= 0.6 is 0 Å². The summed E-state index contributed by atoms with van der Waals surface area (Å²) in [5.41, 5.74) is 8.86. The van der Waals surface area contributed by atoms with Gasteiger partial charge < -0.3 is 16.2 Å². The molecule has 2 aromatic rings. The average molecular weight is 257 g/mol. The van der Waals surface area contributed by atoms with Crippen molar-refractivity contribution in [3.63, 3.8) is 0 Å². The molecule has 1 saturated carbocycles. The van der Waals surface area contributed by atoms with Crippen LogP contribution in [-0.2, 0) is 0 Å². The third-order valence-corrected chi connectivity index (χ3v) is 4.06. The normalized spacial score (nSPS) is 16.5. The molecule has 0 atom stereocenters. The number of hydrogen-bond donors (Lipinski definition) is 3. The summed E-state index contributed by atoms with van der Waals surface area (Å²) >= 11 is 0. The van der Waals surface area contributed by atoms with E-state index in [9.17, 15) is 0 Å². The summed E-state index contributed by atoms with van der Waals surface area (Å²) in [5.74, 6) is 0. The van der Waals surface area contributed by atoms with E-state index in [-0.39, 0.29) is 6.61 Å². The highest BCUT2D eigenvalue weighted by Gasteiger charge is 2.41. The number of pyridine rings is 1. The Hall–Kier alpha value is -1.81. The third-order valence-electron chi connectivity index (χ3n) is 4.06. The second-order valence-corrected chi connectivity index (χ2v) is 5.43. The van der Waals surface area contributed by atoms with E-state index < -0.39 is 0 Å². The topological polar surface area (TPSA) is 71.2 Å². The molecule has 100 valence electrons. The molecule has 3 rings (SSSR count). The van der Waals surface area contributed by atoms with Gasteiger partial charge in [0.1, 0.15) is 0 Å². The van der Waals surface area contributed by atoms with Gasteiger partial charge in [0.05, 0.1) is 11.2 Å². The fraction of sp³-hybridized carbons (Fsp3) is 0.400. The molecule has 0 radical (unpaired) electrons. The van der Waals surface area contributed by atoms with E-state index in [4.69, 9.17) is 10.8 Å². The quantitative estimate of drug-likeness (QED) is 0.719. The monoisotopic (exact) mass is 257 g/mol. The van der Waals surface area contributed by atoms with Crippen molar-refractivity contribution >= 4 is 22.3 Å². The van der Waals surface area contributed by atoms with Gasteiger partial charge >= 0.3 is 0 Å². The first-order valence-corrected chi connectivity index (χ1v) is 6.72. The van der Waals surface area contributed by atoms with Crippen molar-refractivity contribution in [1.82, 2.24) is 4.98 Å². The van der Waals surface area contributed by atoms with E-state index >= 15 is 0 Å². The minimum Gasteiger partial charge on any atom is -0.397 e. The molecule has 0 amide bonds. The predicted octanol–water partition coefficient (Wildman–Crippen LogP) is 2.39. The molecule has 19 heavy (non-hydrogen) atoms. The van der Waals surface area contributed by atoms with Crippen LogP contribution < -0.4 is 11.1 Å². The molecule has 4 N–H and O–H groups in total. The SMILES string of the molecule is Nc1cccc2c(NCC3(CCO)CC3)ccnc12. The second-order valence-electron chi connectivity index (χ2n) is 5.43. The van der Waals surface area contributed by atoms with Crippen LogP contribution in [0.2, 0.25) is 0 Å². The number of fused-ring (bicyclic) bond motifs is 1. The van der Waals surface area contributed by atoms with Gasteiger partial charge in [-0.25, -0.2) is 0 Å². The Morgan fingerprint density at radius 2 is 2.16 bits per heavy atom. The molecule has 1 fully saturated rings. The van der Waals surface area contributed by atoms with Crippen LogP contribution in [0.1, 0.15) is 19.3 Å². The van der Waals surface area contributed by atoms with Gasteiger partial charge in [-0.15, -0.1) is 0 Å². The van der Waals surface area contributed by atoms with Gasteiger partial charge in [0, 0.05) is 30.4 Å². The molecular formula is C15H19N3O. The summed E-state index contributed by atoms with van der Waals surface area (Å²) < 4.78 is 0. The lowest BCUT2D eigenvalue weighted by Crippen LogP contribution is -2.17. The van der Waals surface area contributed by atoms with Gasteiger partial charge in [-0.05, 0) is 36.8 Å². The molecule has 0 bridgehead atoms. The third kappa shape index (κ3) is 2.36. The molecule has 1 aromatic carbocycles. The number of aliphatic hydroxyl groups is 1. The largest absolute Gasteiger partial charge is 0.397 e. The average Bonchev–Trinajstić information content (AvgIpc) is 3.18. The molecule has 0 saturated heterocycles. The number of rotatable bonds is 5. The summed E-state index contributed by atoms with van der Waals surface area (Å²) in [5, 5.41) is 13.6. The van der Waals surface area contributed by atoms with E-state index in [2.05, 4.69) is 10.3 Å². The first kappa shape index (κ1) is 12.2. The fourth-order valence-corrected chi connectivity index (χ4v) is 2.56. The summed E-state index contributed by atoms with van der Waals surface area (Å²) in [6.07, 6.45) is 5.06. The van der Waals surface area contributed by atoms with Crippen molar-refractivity contribution in [2.75, 3.05) is 24.2 Å². The van der Waals surface area contributed by atoms with Crippen LogP contribution in [0.3, 0.4) is 0 Å².